The molecule has 0 aromatic rings. The number of aliphatic hydroxyl groups excluding tert-OH is 1. The highest BCUT2D eigenvalue weighted by atomic mass is 32.2. The molecule has 4 N–H and O–H groups in total. The standard InChI is InChI=1S/C57H108N2O9S/c1-4-7-10-13-16-19-22-25-28-31-34-37-40-43-53(61)58-52(56(64)59-51(46-60)57(65)66)49-69-48-50(68-55(63)45-42-39-36-33-30-27-24-21-18-15-12-9-6-3)47-67-54(62)44-41-38-35-32-29-26-23-20-17-14-11-8-5-2/h50-52,60H,4-49H2,1-3H3,(H,58,61)(H,59,64)(H,65,66)/t50-,51+,52+/m1/s1. The number of carboxylic acid groups (broad SMARTS) is 1. The minimum Gasteiger partial charge on any atom is -0.480 e. The van der Waals surface area contributed by atoms with Crippen molar-refractivity contribution in [3.8, 4) is 0 Å². The summed E-state index contributed by atoms with van der Waals surface area (Å²) in [7, 11) is 0. The molecule has 0 fully saturated rings. The first-order valence-electron chi connectivity index (χ1n) is 29.0. The molecule has 0 unspecified atom stereocenters. The number of hydrogen-bond donors (Lipinski definition) is 4. The largest absolute Gasteiger partial charge is 0.480 e. The van der Waals surface area contributed by atoms with Crippen molar-refractivity contribution in [2.75, 3.05) is 24.7 Å². The number of nitrogens with one attached hydrogen (secondary N) is 2. The molecule has 0 bridgehead atoms. The second-order valence-corrected chi connectivity index (χ2v) is 21.1. The van der Waals surface area contributed by atoms with E-state index in [1.165, 1.54) is 192 Å². The number of esters is 2. The van der Waals surface area contributed by atoms with Gasteiger partial charge in [0.2, 0.25) is 11.8 Å². The molecule has 0 spiro atoms. The van der Waals surface area contributed by atoms with Crippen LogP contribution in [0.3, 0.4) is 0 Å². The molecule has 0 aromatic heterocycles. The van der Waals surface area contributed by atoms with Gasteiger partial charge in [0.15, 0.2) is 0 Å². The van der Waals surface area contributed by atoms with Crippen molar-refractivity contribution >= 4 is 41.5 Å². The highest BCUT2D eigenvalue weighted by Gasteiger charge is 2.27. The zero-order valence-corrected chi connectivity index (χ0v) is 45.7. The van der Waals surface area contributed by atoms with Crippen LogP contribution >= 0.6 is 11.8 Å². The molecule has 12 heteroatoms. The van der Waals surface area contributed by atoms with Gasteiger partial charge in [0.25, 0.3) is 0 Å². The van der Waals surface area contributed by atoms with Crippen molar-refractivity contribution in [3.05, 3.63) is 0 Å². The number of carbonyl (C=O) groups is 5. The van der Waals surface area contributed by atoms with Crippen molar-refractivity contribution < 1.29 is 43.7 Å². The van der Waals surface area contributed by atoms with Crippen molar-refractivity contribution in [2.45, 2.75) is 309 Å². The van der Waals surface area contributed by atoms with E-state index < -0.39 is 36.7 Å². The Morgan fingerprint density at radius 1 is 0.420 bits per heavy atom. The van der Waals surface area contributed by atoms with Crippen LogP contribution in [0.1, 0.15) is 290 Å². The average molecular weight is 998 g/mol. The van der Waals surface area contributed by atoms with E-state index in [0.29, 0.717) is 12.8 Å². The SMILES string of the molecule is CCCCCCCCCCCCCCCC(=O)N[C@@H](CSC[C@@H](COC(=O)CCCCCCCCCCCCCCC)OC(=O)CCCCCCCCCCCCCCC)C(=O)N[C@@H](CO)C(=O)O. The highest BCUT2D eigenvalue weighted by Crippen LogP contribution is 2.18. The molecule has 0 aliphatic rings. The lowest BCUT2D eigenvalue weighted by atomic mass is 10.0. The lowest BCUT2D eigenvalue weighted by Crippen LogP contribution is -2.53. The number of carbonyl (C=O) groups excluding carboxylic acids is 4. The zero-order chi connectivity index (χ0) is 50.7. The summed E-state index contributed by atoms with van der Waals surface area (Å²) >= 11 is 1.26. The van der Waals surface area contributed by atoms with Crippen LogP contribution in [-0.4, -0.2) is 82.8 Å². The van der Waals surface area contributed by atoms with E-state index in [9.17, 15) is 34.2 Å². The van der Waals surface area contributed by atoms with Gasteiger partial charge in [-0.3, -0.25) is 19.2 Å². The number of hydrogen-bond acceptors (Lipinski definition) is 9. The smallest absolute Gasteiger partial charge is 0.328 e. The lowest BCUT2D eigenvalue weighted by molar-refractivity contribution is -0.157. The number of ether oxygens (including phenoxy) is 2. The van der Waals surface area contributed by atoms with Crippen LogP contribution in [0.2, 0.25) is 0 Å². The third-order valence-electron chi connectivity index (χ3n) is 13.2. The molecule has 3 atom stereocenters. The number of aliphatic carboxylic acids is 1. The first-order valence-corrected chi connectivity index (χ1v) is 30.2. The Morgan fingerprint density at radius 2 is 0.754 bits per heavy atom. The van der Waals surface area contributed by atoms with Gasteiger partial charge in [0, 0.05) is 30.8 Å². The Morgan fingerprint density at radius 3 is 1.10 bits per heavy atom. The summed E-state index contributed by atoms with van der Waals surface area (Å²) in [5, 5.41) is 24.2. The van der Waals surface area contributed by atoms with Crippen LogP contribution in [0, 0.1) is 0 Å². The Labute approximate surface area is 427 Å². The Balaban J connectivity index is 5.08. The van der Waals surface area contributed by atoms with Gasteiger partial charge < -0.3 is 30.3 Å². The van der Waals surface area contributed by atoms with Gasteiger partial charge >= 0.3 is 17.9 Å². The first-order chi connectivity index (χ1) is 33.7. The highest BCUT2D eigenvalue weighted by molar-refractivity contribution is 7.99. The predicted octanol–water partition coefficient (Wildman–Crippen LogP) is 14.7. The molecule has 69 heavy (non-hydrogen) atoms. The molecule has 2 amide bonds. The molecule has 0 rings (SSSR count). The molecular formula is C57H108N2O9S. The fraction of sp³-hybridized carbons (Fsp3) is 0.912. The quantitative estimate of drug-likeness (QED) is 0.0340. The van der Waals surface area contributed by atoms with Crippen LogP contribution in [0.15, 0.2) is 0 Å². The third kappa shape index (κ3) is 46.5. The zero-order valence-electron chi connectivity index (χ0n) is 44.9. The van der Waals surface area contributed by atoms with Gasteiger partial charge in [-0.15, -0.1) is 0 Å². The molecule has 0 aliphatic carbocycles. The molecule has 0 aromatic carbocycles. The summed E-state index contributed by atoms with van der Waals surface area (Å²) in [6.07, 6.45) is 46.9. The average Bonchev–Trinajstić information content (AvgIpc) is 3.33. The molecule has 406 valence electrons. The van der Waals surface area contributed by atoms with Gasteiger partial charge in [-0.05, 0) is 19.3 Å². The van der Waals surface area contributed by atoms with Crippen LogP contribution < -0.4 is 10.6 Å². The second-order valence-electron chi connectivity index (χ2n) is 20.0. The van der Waals surface area contributed by atoms with E-state index >= 15 is 0 Å². The van der Waals surface area contributed by atoms with Crippen molar-refractivity contribution in [3.63, 3.8) is 0 Å². The van der Waals surface area contributed by atoms with Crippen molar-refractivity contribution in [2.24, 2.45) is 0 Å². The molecular weight excluding hydrogens is 889 g/mol. The molecule has 11 nitrogen and oxygen atoms in total. The molecule has 0 saturated carbocycles. The fourth-order valence-corrected chi connectivity index (χ4v) is 9.75. The number of thioether (sulfide) groups is 1. The van der Waals surface area contributed by atoms with E-state index in [0.717, 1.165) is 64.2 Å². The Hall–Kier alpha value is -2.34. The summed E-state index contributed by atoms with van der Waals surface area (Å²) in [4.78, 5) is 63.9. The maximum atomic E-state index is 13.3. The van der Waals surface area contributed by atoms with E-state index in [2.05, 4.69) is 31.4 Å². The Bertz CT molecular complexity index is 1210. The summed E-state index contributed by atoms with van der Waals surface area (Å²) in [6.45, 7) is 5.83. The number of unbranched alkanes of at least 4 members (excludes halogenated alkanes) is 36. The van der Waals surface area contributed by atoms with Crippen LogP contribution in [-0.2, 0) is 33.4 Å². The Kier molecular flexibility index (Phi) is 50.2. The van der Waals surface area contributed by atoms with E-state index in [1.54, 1.807) is 0 Å². The van der Waals surface area contributed by atoms with Gasteiger partial charge in [-0.25, -0.2) is 4.79 Å². The van der Waals surface area contributed by atoms with E-state index in [1.807, 2.05) is 0 Å². The van der Waals surface area contributed by atoms with Crippen molar-refractivity contribution in [1.82, 2.24) is 10.6 Å². The summed E-state index contributed by atoms with van der Waals surface area (Å²) < 4.78 is 11.5. The van der Waals surface area contributed by atoms with E-state index in [-0.39, 0.29) is 48.8 Å². The molecule has 0 saturated heterocycles. The van der Waals surface area contributed by atoms with Crippen molar-refractivity contribution in [1.29, 1.82) is 0 Å². The van der Waals surface area contributed by atoms with Gasteiger partial charge in [0.05, 0.1) is 6.61 Å². The van der Waals surface area contributed by atoms with Gasteiger partial charge in [-0.1, -0.05) is 252 Å². The maximum Gasteiger partial charge on any atom is 0.328 e. The predicted molar refractivity (Wildman–Crippen MR) is 288 cm³/mol. The maximum absolute atomic E-state index is 13.3. The second kappa shape index (κ2) is 52.0. The molecule has 0 heterocycles. The summed E-state index contributed by atoms with van der Waals surface area (Å²) in [5.41, 5.74) is 0. The first kappa shape index (κ1) is 66.7. The summed E-state index contributed by atoms with van der Waals surface area (Å²) in [5.74, 6) is -2.83. The minimum absolute atomic E-state index is 0.0633. The monoisotopic (exact) mass is 997 g/mol. The van der Waals surface area contributed by atoms with E-state index in [4.69, 9.17) is 9.47 Å². The molecule has 0 aliphatic heterocycles. The number of carboxylic acids is 1. The number of rotatable bonds is 54. The molecule has 0 radical (unpaired) electrons. The topological polar surface area (TPSA) is 168 Å². The normalized spacial score (nSPS) is 12.6. The van der Waals surface area contributed by atoms with Gasteiger partial charge in [0.1, 0.15) is 24.8 Å². The number of aliphatic hydroxyl groups is 1. The lowest BCUT2D eigenvalue weighted by Gasteiger charge is -2.22. The minimum atomic E-state index is -1.52. The van der Waals surface area contributed by atoms with Crippen LogP contribution in [0.5, 0.6) is 0 Å². The summed E-state index contributed by atoms with van der Waals surface area (Å²) in [6, 6.07) is -2.60. The van der Waals surface area contributed by atoms with Crippen LogP contribution in [0.4, 0.5) is 0 Å². The third-order valence-corrected chi connectivity index (χ3v) is 14.4. The fourth-order valence-electron chi connectivity index (χ4n) is 8.72. The van der Waals surface area contributed by atoms with Crippen LogP contribution in [0.25, 0.3) is 0 Å². The van der Waals surface area contributed by atoms with Gasteiger partial charge in [-0.2, -0.15) is 11.8 Å². The number of amides is 2.